The molecule has 174 valence electrons. The minimum absolute atomic E-state index is 0.128. The molecule has 0 radical (unpaired) electrons. The number of anilines is 1. The van der Waals surface area contributed by atoms with Gasteiger partial charge in [0.05, 0.1) is 11.5 Å². The summed E-state index contributed by atoms with van der Waals surface area (Å²) < 4.78 is 11.2. The standard InChI is InChI=1S/C26H25N3O5/c1-4-16(3)18-8-12-23-21(14-18)28-26(34-23)17-6-10-20(11-7-17)27-25(30)19-9-13-24(33-5-2)22(15-19)29(31)32/h6-16H,4-5H2,1-3H3,(H,27,30)/t16-/m0/s1. The molecule has 0 aliphatic heterocycles. The summed E-state index contributed by atoms with van der Waals surface area (Å²) in [7, 11) is 0. The van der Waals surface area contributed by atoms with E-state index in [1.807, 2.05) is 6.07 Å². The Labute approximate surface area is 196 Å². The lowest BCUT2D eigenvalue weighted by atomic mass is 9.98. The largest absolute Gasteiger partial charge is 0.487 e. The zero-order valence-corrected chi connectivity index (χ0v) is 19.2. The Kier molecular flexibility index (Phi) is 6.58. The second-order valence-corrected chi connectivity index (χ2v) is 7.96. The van der Waals surface area contributed by atoms with E-state index < -0.39 is 10.8 Å². The molecule has 4 rings (SSSR count). The lowest BCUT2D eigenvalue weighted by Gasteiger charge is -2.08. The lowest BCUT2D eigenvalue weighted by Crippen LogP contribution is -2.12. The number of nitro groups is 1. The number of carbonyl (C=O) groups is 1. The monoisotopic (exact) mass is 459 g/mol. The highest BCUT2D eigenvalue weighted by Gasteiger charge is 2.19. The van der Waals surface area contributed by atoms with Crippen molar-refractivity contribution in [3.05, 3.63) is 81.9 Å². The average Bonchev–Trinajstić information content (AvgIpc) is 3.27. The summed E-state index contributed by atoms with van der Waals surface area (Å²) in [5.41, 5.74) is 3.98. The first-order chi connectivity index (χ1) is 16.4. The fraction of sp³-hybridized carbons (Fsp3) is 0.231. The minimum Gasteiger partial charge on any atom is -0.487 e. The Balaban J connectivity index is 1.51. The fourth-order valence-electron chi connectivity index (χ4n) is 3.59. The number of amides is 1. The Bertz CT molecular complexity index is 1340. The van der Waals surface area contributed by atoms with Crippen molar-refractivity contribution in [3.63, 3.8) is 0 Å². The molecule has 1 atom stereocenters. The second kappa shape index (κ2) is 9.74. The highest BCUT2D eigenvalue weighted by atomic mass is 16.6. The van der Waals surface area contributed by atoms with Crippen LogP contribution in [0.2, 0.25) is 0 Å². The van der Waals surface area contributed by atoms with Gasteiger partial charge in [-0.15, -0.1) is 0 Å². The van der Waals surface area contributed by atoms with Crippen molar-refractivity contribution in [2.24, 2.45) is 0 Å². The molecule has 8 heteroatoms. The smallest absolute Gasteiger partial charge is 0.311 e. The van der Waals surface area contributed by atoms with Crippen LogP contribution in [0.5, 0.6) is 5.75 Å². The number of ether oxygens (including phenoxy) is 1. The zero-order chi connectivity index (χ0) is 24.2. The van der Waals surface area contributed by atoms with E-state index in [-0.39, 0.29) is 23.6 Å². The highest BCUT2D eigenvalue weighted by molar-refractivity contribution is 6.05. The molecule has 1 N–H and O–H groups in total. The summed E-state index contributed by atoms with van der Waals surface area (Å²) in [6, 6.07) is 17.3. The quantitative estimate of drug-likeness (QED) is 0.236. The van der Waals surface area contributed by atoms with Gasteiger partial charge in [0.2, 0.25) is 5.89 Å². The molecule has 4 aromatic rings. The molecule has 0 saturated carbocycles. The number of nitrogens with one attached hydrogen (secondary N) is 1. The first kappa shape index (κ1) is 23.0. The number of rotatable bonds is 8. The minimum atomic E-state index is -0.567. The van der Waals surface area contributed by atoms with Gasteiger partial charge < -0.3 is 14.5 Å². The number of nitrogens with zero attached hydrogens (tertiary/aromatic N) is 2. The molecule has 0 saturated heterocycles. The summed E-state index contributed by atoms with van der Waals surface area (Å²) in [6.07, 6.45) is 1.05. The van der Waals surface area contributed by atoms with Crippen LogP contribution in [-0.4, -0.2) is 22.4 Å². The van der Waals surface area contributed by atoms with Crippen molar-refractivity contribution < 1.29 is 18.9 Å². The third-order valence-electron chi connectivity index (χ3n) is 5.70. The van der Waals surface area contributed by atoms with E-state index >= 15 is 0 Å². The van der Waals surface area contributed by atoms with Crippen LogP contribution in [-0.2, 0) is 0 Å². The molecule has 0 fully saturated rings. The van der Waals surface area contributed by atoms with Crippen molar-refractivity contribution in [1.29, 1.82) is 0 Å². The van der Waals surface area contributed by atoms with E-state index in [2.05, 4.69) is 36.3 Å². The van der Waals surface area contributed by atoms with Crippen molar-refractivity contribution in [3.8, 4) is 17.2 Å². The maximum Gasteiger partial charge on any atom is 0.311 e. The Morgan fingerprint density at radius 1 is 1.12 bits per heavy atom. The third kappa shape index (κ3) is 4.76. The van der Waals surface area contributed by atoms with Crippen LogP contribution >= 0.6 is 0 Å². The normalized spacial score (nSPS) is 11.9. The molecule has 8 nitrogen and oxygen atoms in total. The summed E-state index contributed by atoms with van der Waals surface area (Å²) in [4.78, 5) is 28.0. The van der Waals surface area contributed by atoms with E-state index in [4.69, 9.17) is 9.15 Å². The second-order valence-electron chi connectivity index (χ2n) is 7.96. The first-order valence-electron chi connectivity index (χ1n) is 11.1. The van der Waals surface area contributed by atoms with Gasteiger partial charge in [-0.2, -0.15) is 0 Å². The van der Waals surface area contributed by atoms with Crippen LogP contribution in [0.15, 0.2) is 65.1 Å². The molecule has 0 unspecified atom stereocenters. The summed E-state index contributed by atoms with van der Waals surface area (Å²) in [5, 5.41) is 14.1. The van der Waals surface area contributed by atoms with Crippen LogP contribution in [0, 0.1) is 10.1 Å². The predicted octanol–water partition coefficient (Wildman–Crippen LogP) is 6.57. The van der Waals surface area contributed by atoms with Gasteiger partial charge in [-0.25, -0.2) is 4.98 Å². The van der Waals surface area contributed by atoms with Gasteiger partial charge in [0.25, 0.3) is 5.91 Å². The number of hydrogen-bond donors (Lipinski definition) is 1. The number of fused-ring (bicyclic) bond motifs is 1. The predicted molar refractivity (Wildman–Crippen MR) is 130 cm³/mol. The van der Waals surface area contributed by atoms with Crippen LogP contribution < -0.4 is 10.1 Å². The number of hydrogen-bond acceptors (Lipinski definition) is 6. The van der Waals surface area contributed by atoms with Crippen LogP contribution in [0.1, 0.15) is 49.0 Å². The topological polar surface area (TPSA) is 108 Å². The molecule has 0 spiro atoms. The molecule has 1 heterocycles. The highest BCUT2D eigenvalue weighted by Crippen LogP contribution is 2.30. The maximum absolute atomic E-state index is 12.6. The number of benzene rings is 3. The van der Waals surface area contributed by atoms with Gasteiger partial charge in [0, 0.05) is 22.9 Å². The van der Waals surface area contributed by atoms with E-state index in [0.29, 0.717) is 17.5 Å². The maximum atomic E-state index is 12.6. The molecular formula is C26H25N3O5. The summed E-state index contributed by atoms with van der Waals surface area (Å²) in [5.74, 6) is 0.613. The molecule has 0 aliphatic rings. The Morgan fingerprint density at radius 2 is 1.88 bits per heavy atom. The molecule has 1 aromatic heterocycles. The van der Waals surface area contributed by atoms with Gasteiger partial charge in [-0.1, -0.05) is 19.9 Å². The fourth-order valence-corrected chi connectivity index (χ4v) is 3.59. The number of carbonyl (C=O) groups excluding carboxylic acids is 1. The molecule has 34 heavy (non-hydrogen) atoms. The lowest BCUT2D eigenvalue weighted by molar-refractivity contribution is -0.385. The Hall–Kier alpha value is -4.20. The van der Waals surface area contributed by atoms with Crippen molar-refractivity contribution in [2.75, 3.05) is 11.9 Å². The van der Waals surface area contributed by atoms with Gasteiger partial charge >= 0.3 is 5.69 Å². The van der Waals surface area contributed by atoms with E-state index in [9.17, 15) is 14.9 Å². The van der Waals surface area contributed by atoms with E-state index in [1.165, 1.54) is 23.8 Å². The van der Waals surface area contributed by atoms with Crippen LogP contribution in [0.4, 0.5) is 11.4 Å². The number of oxazole rings is 1. The molecule has 0 bridgehead atoms. The van der Waals surface area contributed by atoms with Gasteiger partial charge in [0.1, 0.15) is 5.52 Å². The number of aromatic nitrogens is 1. The molecule has 3 aromatic carbocycles. The SMILES string of the molecule is CCOc1ccc(C(=O)Nc2ccc(-c3nc4cc([C@@H](C)CC)ccc4o3)cc2)cc1[N+](=O)[O-]. The summed E-state index contributed by atoms with van der Waals surface area (Å²) in [6.45, 7) is 6.36. The van der Waals surface area contributed by atoms with Crippen LogP contribution in [0.3, 0.4) is 0 Å². The summed E-state index contributed by atoms with van der Waals surface area (Å²) >= 11 is 0. The van der Waals surface area contributed by atoms with Gasteiger partial charge in [0.15, 0.2) is 11.3 Å². The van der Waals surface area contributed by atoms with Gasteiger partial charge in [-0.3, -0.25) is 14.9 Å². The molecule has 1 amide bonds. The molecule has 0 aliphatic carbocycles. The van der Waals surface area contributed by atoms with Crippen molar-refractivity contribution >= 4 is 28.4 Å². The number of nitro benzene ring substituents is 1. The molecular weight excluding hydrogens is 434 g/mol. The third-order valence-corrected chi connectivity index (χ3v) is 5.70. The van der Waals surface area contributed by atoms with E-state index in [1.54, 1.807) is 31.2 Å². The van der Waals surface area contributed by atoms with Crippen LogP contribution in [0.25, 0.3) is 22.6 Å². The zero-order valence-electron chi connectivity index (χ0n) is 19.2. The van der Waals surface area contributed by atoms with E-state index in [0.717, 1.165) is 23.1 Å². The van der Waals surface area contributed by atoms with Gasteiger partial charge in [-0.05, 0) is 73.4 Å². The first-order valence-corrected chi connectivity index (χ1v) is 11.1. The van der Waals surface area contributed by atoms with Crippen molar-refractivity contribution in [2.45, 2.75) is 33.1 Å². The van der Waals surface area contributed by atoms with Crippen molar-refractivity contribution in [1.82, 2.24) is 4.98 Å². The Morgan fingerprint density at radius 3 is 2.56 bits per heavy atom. The average molecular weight is 460 g/mol.